The van der Waals surface area contributed by atoms with Crippen LogP contribution in [-0.4, -0.2) is 11.7 Å². The standard InChI is InChI=1S/C15H22BrNO/c1-15(8-3-2-4-9-15)11-17-10-12-6-5-7-13(16)14(12)18/h5-7,17-18H,2-4,8-11H2,1H3. The number of halogens is 1. The minimum Gasteiger partial charge on any atom is -0.506 e. The van der Waals surface area contributed by atoms with Gasteiger partial charge in [-0.25, -0.2) is 0 Å². The number of benzene rings is 1. The van der Waals surface area contributed by atoms with E-state index in [-0.39, 0.29) is 0 Å². The van der Waals surface area contributed by atoms with Crippen molar-refractivity contribution in [2.45, 2.75) is 45.6 Å². The molecule has 0 amide bonds. The van der Waals surface area contributed by atoms with Crippen molar-refractivity contribution < 1.29 is 5.11 Å². The van der Waals surface area contributed by atoms with Crippen molar-refractivity contribution in [2.24, 2.45) is 5.41 Å². The maximum absolute atomic E-state index is 9.91. The third kappa shape index (κ3) is 3.48. The van der Waals surface area contributed by atoms with Crippen molar-refractivity contribution >= 4 is 15.9 Å². The lowest BCUT2D eigenvalue weighted by Gasteiger charge is -2.33. The number of aromatic hydroxyl groups is 1. The van der Waals surface area contributed by atoms with Crippen molar-refractivity contribution in [3.8, 4) is 5.75 Å². The molecule has 0 aromatic heterocycles. The molecule has 2 nitrogen and oxygen atoms in total. The Kier molecular flexibility index (Phi) is 4.68. The Morgan fingerprint density at radius 2 is 2.00 bits per heavy atom. The summed E-state index contributed by atoms with van der Waals surface area (Å²) in [7, 11) is 0. The summed E-state index contributed by atoms with van der Waals surface area (Å²) in [6.45, 7) is 4.15. The van der Waals surface area contributed by atoms with E-state index in [1.807, 2.05) is 18.2 Å². The molecule has 100 valence electrons. The predicted octanol–water partition coefficient (Wildman–Crippen LogP) is 4.21. The molecule has 2 rings (SSSR count). The molecule has 0 radical (unpaired) electrons. The van der Waals surface area contributed by atoms with E-state index < -0.39 is 0 Å². The second-order valence-electron chi connectivity index (χ2n) is 5.72. The summed E-state index contributed by atoms with van der Waals surface area (Å²) in [5.41, 5.74) is 1.41. The van der Waals surface area contributed by atoms with E-state index in [0.717, 1.165) is 23.1 Å². The fraction of sp³-hybridized carbons (Fsp3) is 0.600. The van der Waals surface area contributed by atoms with Gasteiger partial charge < -0.3 is 10.4 Å². The number of phenolic OH excluding ortho intramolecular Hbond substituents is 1. The number of hydrogen-bond acceptors (Lipinski definition) is 2. The SMILES string of the molecule is CC1(CNCc2cccc(Br)c2O)CCCCC1. The Bertz CT molecular complexity index is 399. The largest absolute Gasteiger partial charge is 0.506 e. The van der Waals surface area contributed by atoms with Gasteiger partial charge in [0, 0.05) is 18.7 Å². The van der Waals surface area contributed by atoms with E-state index in [9.17, 15) is 5.11 Å². The van der Waals surface area contributed by atoms with Gasteiger partial charge in [-0.05, 0) is 40.3 Å². The van der Waals surface area contributed by atoms with E-state index in [4.69, 9.17) is 0 Å². The van der Waals surface area contributed by atoms with Gasteiger partial charge in [-0.1, -0.05) is 38.3 Å². The number of hydrogen-bond donors (Lipinski definition) is 2. The fourth-order valence-electron chi connectivity index (χ4n) is 2.78. The normalized spacial score (nSPS) is 18.8. The summed E-state index contributed by atoms with van der Waals surface area (Å²) in [5.74, 6) is 0.360. The van der Waals surface area contributed by atoms with Crippen molar-refractivity contribution in [3.63, 3.8) is 0 Å². The van der Waals surface area contributed by atoms with Crippen LogP contribution in [0, 0.1) is 5.41 Å². The van der Waals surface area contributed by atoms with Crippen molar-refractivity contribution in [1.29, 1.82) is 0 Å². The predicted molar refractivity (Wildman–Crippen MR) is 78.7 cm³/mol. The molecule has 1 saturated carbocycles. The van der Waals surface area contributed by atoms with Crippen LogP contribution in [0.25, 0.3) is 0 Å². The van der Waals surface area contributed by atoms with Crippen LogP contribution in [0.5, 0.6) is 5.75 Å². The third-order valence-electron chi connectivity index (χ3n) is 4.00. The van der Waals surface area contributed by atoms with Crippen molar-refractivity contribution in [2.75, 3.05) is 6.54 Å². The molecule has 0 heterocycles. The Labute approximate surface area is 118 Å². The van der Waals surface area contributed by atoms with Crippen molar-refractivity contribution in [3.05, 3.63) is 28.2 Å². The molecular weight excluding hydrogens is 290 g/mol. The van der Waals surface area contributed by atoms with Crippen LogP contribution in [0.1, 0.15) is 44.6 Å². The number of phenols is 1. The fourth-order valence-corrected chi connectivity index (χ4v) is 3.19. The van der Waals surface area contributed by atoms with Gasteiger partial charge in [0.15, 0.2) is 0 Å². The number of para-hydroxylation sites is 1. The summed E-state index contributed by atoms with van der Waals surface area (Å²) in [6, 6.07) is 5.79. The summed E-state index contributed by atoms with van der Waals surface area (Å²) >= 11 is 3.35. The van der Waals surface area contributed by atoms with Crippen LogP contribution in [-0.2, 0) is 6.54 Å². The molecule has 1 aliphatic carbocycles. The Morgan fingerprint density at radius 3 is 2.72 bits per heavy atom. The summed E-state index contributed by atoms with van der Waals surface area (Å²) in [4.78, 5) is 0. The summed E-state index contributed by atoms with van der Waals surface area (Å²) < 4.78 is 0.769. The molecule has 1 fully saturated rings. The lowest BCUT2D eigenvalue weighted by molar-refractivity contribution is 0.207. The van der Waals surface area contributed by atoms with Gasteiger partial charge >= 0.3 is 0 Å². The van der Waals surface area contributed by atoms with E-state index in [1.165, 1.54) is 32.1 Å². The zero-order valence-corrected chi connectivity index (χ0v) is 12.6. The van der Waals surface area contributed by atoms with Gasteiger partial charge in [0.2, 0.25) is 0 Å². The van der Waals surface area contributed by atoms with Crippen LogP contribution in [0.3, 0.4) is 0 Å². The van der Waals surface area contributed by atoms with Gasteiger partial charge in [0.1, 0.15) is 5.75 Å². The molecule has 1 aromatic carbocycles. The highest BCUT2D eigenvalue weighted by atomic mass is 79.9. The molecule has 18 heavy (non-hydrogen) atoms. The molecule has 3 heteroatoms. The maximum Gasteiger partial charge on any atom is 0.134 e. The first kappa shape index (κ1) is 13.9. The molecule has 0 bridgehead atoms. The smallest absolute Gasteiger partial charge is 0.134 e. The monoisotopic (exact) mass is 311 g/mol. The average Bonchev–Trinajstić information content (AvgIpc) is 2.35. The first-order valence-corrected chi connectivity index (χ1v) is 7.57. The van der Waals surface area contributed by atoms with Gasteiger partial charge in [0.25, 0.3) is 0 Å². The van der Waals surface area contributed by atoms with Crippen LogP contribution in [0.4, 0.5) is 0 Å². The highest BCUT2D eigenvalue weighted by Crippen LogP contribution is 2.35. The molecule has 0 atom stereocenters. The minimum atomic E-state index is 0.360. The lowest BCUT2D eigenvalue weighted by atomic mass is 9.76. The summed E-state index contributed by atoms with van der Waals surface area (Å²) in [6.07, 6.45) is 6.76. The van der Waals surface area contributed by atoms with Crippen molar-refractivity contribution in [1.82, 2.24) is 5.32 Å². The number of rotatable bonds is 4. The number of nitrogens with one attached hydrogen (secondary N) is 1. The quantitative estimate of drug-likeness (QED) is 0.872. The first-order chi connectivity index (χ1) is 8.61. The Hall–Kier alpha value is -0.540. The van der Waals surface area contributed by atoms with Gasteiger partial charge in [-0.3, -0.25) is 0 Å². The topological polar surface area (TPSA) is 32.3 Å². The molecule has 1 aromatic rings. The average molecular weight is 312 g/mol. The highest BCUT2D eigenvalue weighted by Gasteiger charge is 2.26. The van der Waals surface area contributed by atoms with Crippen LogP contribution < -0.4 is 5.32 Å². The zero-order chi connectivity index (χ0) is 13.0. The minimum absolute atomic E-state index is 0.360. The molecule has 1 aliphatic rings. The second-order valence-corrected chi connectivity index (χ2v) is 6.58. The van der Waals surface area contributed by atoms with E-state index >= 15 is 0 Å². The van der Waals surface area contributed by atoms with Gasteiger partial charge in [0.05, 0.1) is 4.47 Å². The molecule has 0 saturated heterocycles. The van der Waals surface area contributed by atoms with Crippen LogP contribution in [0.15, 0.2) is 22.7 Å². The molecule has 0 aliphatic heterocycles. The van der Waals surface area contributed by atoms with E-state index in [1.54, 1.807) is 0 Å². The van der Waals surface area contributed by atoms with Gasteiger partial charge in [-0.2, -0.15) is 0 Å². The van der Waals surface area contributed by atoms with Crippen LogP contribution >= 0.6 is 15.9 Å². The zero-order valence-electron chi connectivity index (χ0n) is 11.0. The van der Waals surface area contributed by atoms with E-state index in [2.05, 4.69) is 28.2 Å². The van der Waals surface area contributed by atoms with Gasteiger partial charge in [-0.15, -0.1) is 0 Å². The highest BCUT2D eigenvalue weighted by molar-refractivity contribution is 9.10. The van der Waals surface area contributed by atoms with E-state index in [0.29, 0.717) is 11.2 Å². The molecule has 2 N–H and O–H groups in total. The summed E-state index contributed by atoms with van der Waals surface area (Å²) in [5, 5.41) is 13.4. The third-order valence-corrected chi connectivity index (χ3v) is 4.64. The Balaban J connectivity index is 1.86. The lowest BCUT2D eigenvalue weighted by Crippen LogP contribution is -2.33. The molecular formula is C15H22BrNO. The maximum atomic E-state index is 9.91. The molecule has 0 spiro atoms. The second kappa shape index (κ2) is 6.07. The molecule has 0 unspecified atom stereocenters. The van der Waals surface area contributed by atoms with Crippen LogP contribution in [0.2, 0.25) is 0 Å². The Morgan fingerprint density at radius 1 is 1.28 bits per heavy atom. The first-order valence-electron chi connectivity index (χ1n) is 6.78.